The van der Waals surface area contributed by atoms with Gasteiger partial charge in [0.1, 0.15) is 24.1 Å². The van der Waals surface area contributed by atoms with Crippen molar-refractivity contribution in [1.29, 1.82) is 0 Å². The van der Waals surface area contributed by atoms with Crippen LogP contribution in [-0.4, -0.2) is 50.5 Å². The van der Waals surface area contributed by atoms with Gasteiger partial charge in [-0.15, -0.1) is 0 Å². The molecule has 10 heteroatoms. The van der Waals surface area contributed by atoms with Gasteiger partial charge in [-0.25, -0.2) is 8.42 Å². The minimum Gasteiger partial charge on any atom is -0.457 e. The van der Waals surface area contributed by atoms with Gasteiger partial charge in [-0.3, -0.25) is 13.9 Å². The van der Waals surface area contributed by atoms with Crippen LogP contribution in [0, 0.1) is 0 Å². The van der Waals surface area contributed by atoms with E-state index >= 15 is 0 Å². The monoisotopic (exact) mass is 571 g/mol. The fraction of sp³-hybridized carbons (Fsp3) is 0.310. The molecule has 0 aliphatic rings. The zero-order valence-electron chi connectivity index (χ0n) is 22.3. The van der Waals surface area contributed by atoms with Crippen LogP contribution in [0.25, 0.3) is 0 Å². The number of hydrogen-bond acceptors (Lipinski definition) is 5. The Bertz CT molecular complexity index is 1350. The molecule has 0 radical (unpaired) electrons. The molecule has 1 N–H and O–H groups in total. The topological polar surface area (TPSA) is 96.0 Å². The van der Waals surface area contributed by atoms with Crippen molar-refractivity contribution in [2.75, 3.05) is 23.7 Å². The number of hydrogen-bond donors (Lipinski definition) is 1. The van der Waals surface area contributed by atoms with Crippen molar-refractivity contribution in [3.05, 3.63) is 89.4 Å². The maximum atomic E-state index is 13.6. The summed E-state index contributed by atoms with van der Waals surface area (Å²) < 4.78 is 32.4. The number of carbonyl (C=O) groups is 2. The molecule has 0 fully saturated rings. The lowest BCUT2D eigenvalue weighted by molar-refractivity contribution is -0.139. The van der Waals surface area contributed by atoms with Crippen LogP contribution < -0.4 is 14.4 Å². The molecule has 0 aliphatic heterocycles. The van der Waals surface area contributed by atoms with Gasteiger partial charge >= 0.3 is 0 Å². The molecule has 1 atom stereocenters. The van der Waals surface area contributed by atoms with E-state index < -0.39 is 28.5 Å². The summed E-state index contributed by atoms with van der Waals surface area (Å²) in [6.45, 7) is 3.68. The molecule has 0 saturated carbocycles. The maximum Gasteiger partial charge on any atom is 0.244 e. The first-order valence-electron chi connectivity index (χ1n) is 12.7. The molecule has 1 unspecified atom stereocenters. The van der Waals surface area contributed by atoms with Gasteiger partial charge in [0.25, 0.3) is 0 Å². The molecular formula is C29H34ClN3O5S. The molecule has 0 bridgehead atoms. The highest BCUT2D eigenvalue weighted by Gasteiger charge is 2.30. The third-order valence-electron chi connectivity index (χ3n) is 6.08. The quantitative estimate of drug-likeness (QED) is 0.283. The summed E-state index contributed by atoms with van der Waals surface area (Å²) in [7, 11) is -3.84. The summed E-state index contributed by atoms with van der Waals surface area (Å²) in [5.74, 6) is 0.296. The summed E-state index contributed by atoms with van der Waals surface area (Å²) in [4.78, 5) is 27.9. The summed E-state index contributed by atoms with van der Waals surface area (Å²) in [5.41, 5.74) is 0.943. The van der Waals surface area contributed by atoms with E-state index in [1.54, 1.807) is 55.5 Å². The average Bonchev–Trinajstić information content (AvgIpc) is 2.91. The molecule has 0 saturated heterocycles. The van der Waals surface area contributed by atoms with E-state index in [0.29, 0.717) is 34.3 Å². The van der Waals surface area contributed by atoms with E-state index in [0.717, 1.165) is 23.4 Å². The summed E-state index contributed by atoms with van der Waals surface area (Å²) >= 11 is 6.35. The third-order valence-corrected chi connectivity index (χ3v) is 7.59. The van der Waals surface area contributed by atoms with Gasteiger partial charge in [0.05, 0.1) is 11.9 Å². The number of sulfonamides is 1. The first-order valence-corrected chi connectivity index (χ1v) is 14.9. The first-order chi connectivity index (χ1) is 18.6. The lowest BCUT2D eigenvalue weighted by atomic mass is 10.1. The van der Waals surface area contributed by atoms with Crippen molar-refractivity contribution in [2.45, 2.75) is 39.3 Å². The fourth-order valence-corrected chi connectivity index (χ4v) is 4.89. The van der Waals surface area contributed by atoms with E-state index in [2.05, 4.69) is 5.32 Å². The van der Waals surface area contributed by atoms with E-state index in [4.69, 9.17) is 16.3 Å². The zero-order valence-corrected chi connectivity index (χ0v) is 23.9. The lowest BCUT2D eigenvalue weighted by Gasteiger charge is -2.31. The Kier molecular flexibility index (Phi) is 10.8. The normalized spacial score (nSPS) is 11.9. The number of unbranched alkanes of at least 4 members (excludes halogenated alkanes) is 1. The number of carbonyl (C=O) groups excluding carboxylic acids is 2. The molecule has 3 aromatic carbocycles. The number of rotatable bonds is 13. The largest absolute Gasteiger partial charge is 0.457 e. The lowest BCUT2D eigenvalue weighted by Crippen LogP contribution is -2.51. The highest BCUT2D eigenvalue weighted by atomic mass is 35.5. The number of halogens is 1. The first kappa shape index (κ1) is 30.0. The molecule has 0 heterocycles. The smallest absolute Gasteiger partial charge is 0.244 e. The van der Waals surface area contributed by atoms with Crippen LogP contribution in [0.3, 0.4) is 0 Å². The van der Waals surface area contributed by atoms with Gasteiger partial charge < -0.3 is 15.0 Å². The van der Waals surface area contributed by atoms with E-state index in [1.807, 2.05) is 37.3 Å². The van der Waals surface area contributed by atoms with Gasteiger partial charge in [-0.05, 0) is 61.4 Å². The molecule has 3 aromatic rings. The van der Waals surface area contributed by atoms with Crippen LogP contribution >= 0.6 is 11.6 Å². The Morgan fingerprint density at radius 3 is 2.18 bits per heavy atom. The molecule has 2 amide bonds. The summed E-state index contributed by atoms with van der Waals surface area (Å²) in [5, 5.41) is 3.30. The van der Waals surface area contributed by atoms with Gasteiger partial charge in [-0.1, -0.05) is 61.3 Å². The van der Waals surface area contributed by atoms with Crippen molar-refractivity contribution in [3.8, 4) is 11.5 Å². The zero-order chi connectivity index (χ0) is 28.4. The van der Waals surface area contributed by atoms with Crippen LogP contribution in [0.2, 0.25) is 5.02 Å². The average molecular weight is 572 g/mol. The van der Waals surface area contributed by atoms with E-state index in [-0.39, 0.29) is 12.5 Å². The number of para-hydroxylation sites is 1. The molecule has 3 rings (SSSR count). The molecule has 0 aliphatic carbocycles. The van der Waals surface area contributed by atoms with Gasteiger partial charge in [0, 0.05) is 18.1 Å². The SMILES string of the molecule is CCCCNC(=O)C(C)N(Cc1ccccc1Cl)C(=O)CN(c1ccc(Oc2ccccc2)cc1)S(C)(=O)=O. The number of nitrogens with zero attached hydrogens (tertiary/aromatic N) is 2. The molecule has 8 nitrogen and oxygen atoms in total. The minimum absolute atomic E-state index is 0.0440. The Hall–Kier alpha value is -3.56. The molecule has 0 spiro atoms. The van der Waals surface area contributed by atoms with Crippen molar-refractivity contribution < 1.29 is 22.7 Å². The van der Waals surface area contributed by atoms with Crippen LogP contribution in [-0.2, 0) is 26.2 Å². The van der Waals surface area contributed by atoms with Crippen LogP contribution in [0.15, 0.2) is 78.9 Å². The Morgan fingerprint density at radius 2 is 1.56 bits per heavy atom. The Balaban J connectivity index is 1.85. The van der Waals surface area contributed by atoms with Crippen LogP contribution in [0.1, 0.15) is 32.3 Å². The number of amides is 2. The van der Waals surface area contributed by atoms with Crippen molar-refractivity contribution in [2.24, 2.45) is 0 Å². The van der Waals surface area contributed by atoms with Crippen LogP contribution in [0.5, 0.6) is 11.5 Å². The highest BCUT2D eigenvalue weighted by Crippen LogP contribution is 2.26. The van der Waals surface area contributed by atoms with Crippen molar-refractivity contribution in [1.82, 2.24) is 10.2 Å². The predicted molar refractivity (Wildman–Crippen MR) is 155 cm³/mol. The third kappa shape index (κ3) is 8.73. The Morgan fingerprint density at radius 1 is 0.949 bits per heavy atom. The fourth-order valence-electron chi connectivity index (χ4n) is 3.85. The highest BCUT2D eigenvalue weighted by molar-refractivity contribution is 7.92. The number of anilines is 1. The van der Waals surface area contributed by atoms with Gasteiger partial charge in [0.15, 0.2) is 0 Å². The van der Waals surface area contributed by atoms with Gasteiger partial charge in [0.2, 0.25) is 21.8 Å². The second kappa shape index (κ2) is 14.0. The molecule has 208 valence electrons. The van der Waals surface area contributed by atoms with E-state index in [9.17, 15) is 18.0 Å². The molecular weight excluding hydrogens is 538 g/mol. The number of ether oxygens (including phenoxy) is 1. The minimum atomic E-state index is -3.84. The summed E-state index contributed by atoms with van der Waals surface area (Å²) in [6, 6.07) is 21.8. The summed E-state index contributed by atoms with van der Waals surface area (Å²) in [6.07, 6.45) is 2.76. The number of nitrogens with one attached hydrogen (secondary N) is 1. The number of benzene rings is 3. The van der Waals surface area contributed by atoms with Crippen molar-refractivity contribution in [3.63, 3.8) is 0 Å². The second-order valence-corrected chi connectivity index (χ2v) is 11.4. The molecule has 0 aromatic heterocycles. The Labute approximate surface area is 235 Å². The predicted octanol–water partition coefficient (Wildman–Crippen LogP) is 5.23. The van der Waals surface area contributed by atoms with Crippen molar-refractivity contribution >= 4 is 39.1 Å². The van der Waals surface area contributed by atoms with E-state index in [1.165, 1.54) is 4.90 Å². The standard InChI is InChI=1S/C29H34ClN3O5S/c1-4-5-19-31-29(35)22(2)32(20-23-11-9-10-14-27(23)30)28(34)21-33(39(3,36)37)24-15-17-26(18-16-24)38-25-12-7-6-8-13-25/h6-18,22H,4-5,19-21H2,1-3H3,(H,31,35). The molecule has 39 heavy (non-hydrogen) atoms. The van der Waals surface area contributed by atoms with Gasteiger partial charge in [-0.2, -0.15) is 0 Å². The van der Waals surface area contributed by atoms with Crippen LogP contribution in [0.4, 0.5) is 5.69 Å². The second-order valence-electron chi connectivity index (χ2n) is 9.11. The maximum absolute atomic E-state index is 13.6.